The highest BCUT2D eigenvalue weighted by Gasteiger charge is 2.12. The summed E-state index contributed by atoms with van der Waals surface area (Å²) in [5, 5.41) is 2.87. The highest BCUT2D eigenvalue weighted by atomic mass is 35.5. The Bertz CT molecular complexity index is 365. The summed E-state index contributed by atoms with van der Waals surface area (Å²) in [6.45, 7) is 4.68. The third kappa shape index (κ3) is 5.52. The van der Waals surface area contributed by atoms with Gasteiger partial charge in [0.2, 0.25) is 5.91 Å². The molecule has 0 radical (unpaired) electrons. The third-order valence-electron chi connectivity index (χ3n) is 2.60. The second-order valence-corrected chi connectivity index (χ2v) is 6.22. The lowest BCUT2D eigenvalue weighted by Gasteiger charge is -2.14. The van der Waals surface area contributed by atoms with Gasteiger partial charge in [-0.15, -0.1) is 11.3 Å². The van der Waals surface area contributed by atoms with Crippen molar-refractivity contribution in [2.24, 2.45) is 11.7 Å². The molecule has 1 amide bonds. The molecule has 0 bridgehead atoms. The molecule has 1 unspecified atom stereocenters. The molecule has 0 fully saturated rings. The number of rotatable bonds is 6. The third-order valence-corrected chi connectivity index (χ3v) is 3.89. The second kappa shape index (κ2) is 6.99. The Morgan fingerprint density at radius 3 is 2.76 bits per heavy atom. The summed E-state index contributed by atoms with van der Waals surface area (Å²) in [5.74, 6) is 0.353. The van der Waals surface area contributed by atoms with Gasteiger partial charge in [0.15, 0.2) is 0 Å². The molecule has 1 aromatic rings. The van der Waals surface area contributed by atoms with E-state index in [1.165, 1.54) is 4.88 Å². The molecule has 0 spiro atoms. The minimum absolute atomic E-state index is 0.0221. The van der Waals surface area contributed by atoms with Crippen molar-refractivity contribution in [2.75, 3.05) is 6.54 Å². The maximum absolute atomic E-state index is 11.5. The van der Waals surface area contributed by atoms with Crippen molar-refractivity contribution in [3.8, 4) is 0 Å². The quantitative estimate of drug-likeness (QED) is 0.837. The van der Waals surface area contributed by atoms with Crippen molar-refractivity contribution in [3.05, 3.63) is 21.3 Å². The van der Waals surface area contributed by atoms with Gasteiger partial charge in [-0.2, -0.15) is 0 Å². The average molecular weight is 275 g/mol. The predicted molar refractivity (Wildman–Crippen MR) is 73.5 cm³/mol. The van der Waals surface area contributed by atoms with Crippen LogP contribution in [-0.2, 0) is 11.2 Å². The molecule has 1 heterocycles. The molecule has 96 valence electrons. The van der Waals surface area contributed by atoms with E-state index in [1.807, 2.05) is 26.0 Å². The zero-order chi connectivity index (χ0) is 12.8. The minimum Gasteiger partial charge on any atom is -0.356 e. The van der Waals surface area contributed by atoms with Crippen LogP contribution in [0.15, 0.2) is 12.1 Å². The van der Waals surface area contributed by atoms with Gasteiger partial charge >= 0.3 is 0 Å². The first-order valence-electron chi connectivity index (χ1n) is 5.75. The van der Waals surface area contributed by atoms with E-state index in [9.17, 15) is 4.79 Å². The molecule has 1 atom stereocenters. The number of thiophene rings is 1. The van der Waals surface area contributed by atoms with E-state index < -0.39 is 0 Å². The summed E-state index contributed by atoms with van der Waals surface area (Å²) in [5.41, 5.74) is 5.83. The lowest BCUT2D eigenvalue weighted by molar-refractivity contribution is -0.121. The van der Waals surface area contributed by atoms with Crippen molar-refractivity contribution in [3.63, 3.8) is 0 Å². The first-order valence-corrected chi connectivity index (χ1v) is 6.95. The molecular weight excluding hydrogens is 256 g/mol. The smallest absolute Gasteiger partial charge is 0.221 e. The van der Waals surface area contributed by atoms with E-state index in [-0.39, 0.29) is 11.9 Å². The average Bonchev–Trinajstić information content (AvgIpc) is 2.64. The number of carbonyl (C=O) groups is 1. The Kier molecular flexibility index (Phi) is 5.95. The Morgan fingerprint density at radius 2 is 2.24 bits per heavy atom. The number of nitrogens with two attached hydrogens (primary N) is 1. The summed E-state index contributed by atoms with van der Waals surface area (Å²) < 4.78 is 0.785. The van der Waals surface area contributed by atoms with Crippen LogP contribution in [-0.4, -0.2) is 18.5 Å². The van der Waals surface area contributed by atoms with Gasteiger partial charge in [-0.3, -0.25) is 4.79 Å². The van der Waals surface area contributed by atoms with Crippen molar-refractivity contribution < 1.29 is 4.79 Å². The first kappa shape index (κ1) is 14.5. The molecule has 0 aliphatic rings. The summed E-state index contributed by atoms with van der Waals surface area (Å²) >= 11 is 7.37. The molecule has 0 aliphatic heterocycles. The van der Waals surface area contributed by atoms with Gasteiger partial charge in [0.05, 0.1) is 4.34 Å². The van der Waals surface area contributed by atoms with Crippen LogP contribution in [0.25, 0.3) is 0 Å². The Labute approximate surface area is 111 Å². The fourth-order valence-electron chi connectivity index (χ4n) is 1.33. The zero-order valence-corrected chi connectivity index (χ0v) is 11.8. The molecule has 5 heteroatoms. The van der Waals surface area contributed by atoms with Crippen LogP contribution in [0.5, 0.6) is 0 Å². The topological polar surface area (TPSA) is 55.1 Å². The first-order chi connectivity index (χ1) is 7.99. The molecule has 3 N–H and O–H groups in total. The molecule has 0 saturated heterocycles. The van der Waals surface area contributed by atoms with Gasteiger partial charge in [0.1, 0.15) is 0 Å². The summed E-state index contributed by atoms with van der Waals surface area (Å²) in [4.78, 5) is 12.7. The predicted octanol–water partition coefficient (Wildman–Crippen LogP) is 2.43. The van der Waals surface area contributed by atoms with E-state index in [0.717, 1.165) is 10.8 Å². The molecule has 0 aromatic carbocycles. The zero-order valence-electron chi connectivity index (χ0n) is 10.2. The number of halogens is 1. The van der Waals surface area contributed by atoms with Crippen molar-refractivity contribution in [2.45, 2.75) is 32.7 Å². The van der Waals surface area contributed by atoms with Crippen LogP contribution in [0.1, 0.15) is 25.1 Å². The van der Waals surface area contributed by atoms with Gasteiger partial charge in [0.25, 0.3) is 0 Å². The van der Waals surface area contributed by atoms with Crippen LogP contribution < -0.4 is 11.1 Å². The van der Waals surface area contributed by atoms with Crippen LogP contribution in [0.4, 0.5) is 0 Å². The number of carbonyl (C=O) groups excluding carboxylic acids is 1. The second-order valence-electron chi connectivity index (χ2n) is 4.42. The fourth-order valence-corrected chi connectivity index (χ4v) is 2.42. The number of hydrogen-bond donors (Lipinski definition) is 2. The van der Waals surface area contributed by atoms with E-state index in [2.05, 4.69) is 5.32 Å². The Morgan fingerprint density at radius 1 is 1.53 bits per heavy atom. The summed E-state index contributed by atoms with van der Waals surface area (Å²) in [6, 6.07) is 3.79. The standard InChI is InChI=1S/C12H19ClN2OS/c1-8(2)10(14)7-12(16)15-6-5-9-3-4-11(13)17-9/h3-4,8,10H,5-7,14H2,1-2H3,(H,15,16). The van der Waals surface area contributed by atoms with E-state index >= 15 is 0 Å². The highest BCUT2D eigenvalue weighted by molar-refractivity contribution is 7.16. The van der Waals surface area contributed by atoms with Crippen LogP contribution in [0, 0.1) is 5.92 Å². The van der Waals surface area contributed by atoms with Gasteiger partial charge in [-0.1, -0.05) is 25.4 Å². The number of hydrogen-bond acceptors (Lipinski definition) is 3. The molecule has 1 rings (SSSR count). The van der Waals surface area contributed by atoms with Crippen LogP contribution in [0.2, 0.25) is 4.34 Å². The lowest BCUT2D eigenvalue weighted by Crippen LogP contribution is -2.35. The van der Waals surface area contributed by atoms with Crippen molar-refractivity contribution >= 4 is 28.8 Å². The van der Waals surface area contributed by atoms with E-state index in [0.29, 0.717) is 18.9 Å². The van der Waals surface area contributed by atoms with Gasteiger partial charge in [0, 0.05) is 23.9 Å². The van der Waals surface area contributed by atoms with Crippen molar-refractivity contribution in [1.82, 2.24) is 5.32 Å². The molecule has 3 nitrogen and oxygen atoms in total. The fraction of sp³-hybridized carbons (Fsp3) is 0.583. The monoisotopic (exact) mass is 274 g/mol. The molecule has 0 aliphatic carbocycles. The molecule has 17 heavy (non-hydrogen) atoms. The number of nitrogens with one attached hydrogen (secondary N) is 1. The maximum Gasteiger partial charge on any atom is 0.221 e. The highest BCUT2D eigenvalue weighted by Crippen LogP contribution is 2.21. The van der Waals surface area contributed by atoms with E-state index in [4.69, 9.17) is 17.3 Å². The Balaban J connectivity index is 2.20. The molecule has 1 aromatic heterocycles. The summed E-state index contributed by atoms with van der Waals surface area (Å²) in [7, 11) is 0. The largest absolute Gasteiger partial charge is 0.356 e. The van der Waals surface area contributed by atoms with Gasteiger partial charge < -0.3 is 11.1 Å². The normalized spacial score (nSPS) is 12.8. The van der Waals surface area contributed by atoms with Gasteiger partial charge in [-0.25, -0.2) is 0 Å². The summed E-state index contributed by atoms with van der Waals surface area (Å²) in [6.07, 6.45) is 1.21. The number of amides is 1. The minimum atomic E-state index is -0.0637. The van der Waals surface area contributed by atoms with Crippen molar-refractivity contribution in [1.29, 1.82) is 0 Å². The molecular formula is C12H19ClN2OS. The Hall–Kier alpha value is -0.580. The van der Waals surface area contributed by atoms with Crippen LogP contribution in [0.3, 0.4) is 0 Å². The molecule has 0 saturated carbocycles. The van der Waals surface area contributed by atoms with E-state index in [1.54, 1.807) is 11.3 Å². The SMILES string of the molecule is CC(C)C(N)CC(=O)NCCc1ccc(Cl)s1. The maximum atomic E-state index is 11.5. The lowest BCUT2D eigenvalue weighted by atomic mass is 10.0. The van der Waals surface area contributed by atoms with Crippen LogP contribution >= 0.6 is 22.9 Å². The van der Waals surface area contributed by atoms with Gasteiger partial charge in [-0.05, 0) is 24.5 Å².